The molecule has 0 N–H and O–H groups in total. The topological polar surface area (TPSA) is 55.8 Å². The molecule has 2 heterocycles. The lowest BCUT2D eigenvalue weighted by molar-refractivity contribution is -0.0500. The molecule has 2 aliphatic heterocycles. The molecule has 12 heteroatoms. The number of thioether (sulfide) groups is 1. The van der Waals surface area contributed by atoms with Gasteiger partial charge in [-0.3, -0.25) is 9.29 Å². The second kappa shape index (κ2) is 13.1. The molecular formula is C31H30ClF4NO4S2. The first-order valence-electron chi connectivity index (χ1n) is 13.8. The van der Waals surface area contributed by atoms with Crippen molar-refractivity contribution in [2.75, 3.05) is 32.1 Å². The summed E-state index contributed by atoms with van der Waals surface area (Å²) in [4.78, 5) is 2.80. The van der Waals surface area contributed by atoms with Crippen molar-refractivity contribution in [3.63, 3.8) is 0 Å². The fraction of sp³-hybridized carbons (Fsp3) is 0.355. The van der Waals surface area contributed by atoms with Crippen LogP contribution in [0.3, 0.4) is 0 Å². The smallest absolute Gasteiger partial charge is 0.489 e. The van der Waals surface area contributed by atoms with Crippen LogP contribution in [0.15, 0.2) is 65.6 Å². The lowest BCUT2D eigenvalue weighted by Gasteiger charge is -2.19. The second-order valence-electron chi connectivity index (χ2n) is 10.5. The Morgan fingerprint density at radius 2 is 1.74 bits per heavy atom. The van der Waals surface area contributed by atoms with E-state index in [2.05, 4.69) is 9.08 Å². The minimum absolute atomic E-state index is 0.0127. The molecule has 230 valence electrons. The molecule has 1 atom stereocenters. The zero-order chi connectivity index (χ0) is 30.8. The number of fused-ring (bicyclic) bond motifs is 1. The Bertz CT molecular complexity index is 1610. The van der Waals surface area contributed by atoms with Gasteiger partial charge >= 0.3 is 15.6 Å². The van der Waals surface area contributed by atoms with Crippen LogP contribution in [0.1, 0.15) is 41.5 Å². The van der Waals surface area contributed by atoms with Gasteiger partial charge in [-0.25, -0.2) is 0 Å². The largest absolute Gasteiger partial charge is 0.534 e. The zero-order valence-corrected chi connectivity index (χ0v) is 25.7. The highest BCUT2D eigenvalue weighted by Gasteiger charge is 2.48. The van der Waals surface area contributed by atoms with Gasteiger partial charge in [-0.15, -0.1) is 11.8 Å². The van der Waals surface area contributed by atoms with Crippen molar-refractivity contribution < 1.29 is 34.9 Å². The molecule has 1 saturated heterocycles. The number of hydrogen-bond donors (Lipinski definition) is 0. The van der Waals surface area contributed by atoms with Crippen molar-refractivity contribution >= 4 is 44.6 Å². The molecule has 0 aliphatic carbocycles. The molecule has 2 aliphatic rings. The number of nitrogens with zero attached hydrogens (tertiary/aromatic N) is 1. The molecule has 0 spiro atoms. The van der Waals surface area contributed by atoms with Gasteiger partial charge in [0, 0.05) is 35.3 Å². The molecule has 0 amide bonds. The minimum atomic E-state index is -5.81. The van der Waals surface area contributed by atoms with Gasteiger partial charge in [-0.1, -0.05) is 35.9 Å². The number of allylic oxidation sites excluding steroid dienone is 1. The number of ether oxygens (including phenoxy) is 1. The van der Waals surface area contributed by atoms with Gasteiger partial charge in [0.25, 0.3) is 0 Å². The van der Waals surface area contributed by atoms with E-state index in [0.717, 1.165) is 52.9 Å². The molecule has 3 aromatic rings. The molecule has 43 heavy (non-hydrogen) atoms. The Morgan fingerprint density at radius 1 is 1.02 bits per heavy atom. The summed E-state index contributed by atoms with van der Waals surface area (Å²) in [5, 5.41) is 0.638. The van der Waals surface area contributed by atoms with Crippen LogP contribution in [0.4, 0.5) is 17.6 Å². The van der Waals surface area contributed by atoms with Crippen LogP contribution >= 0.6 is 23.4 Å². The van der Waals surface area contributed by atoms with Gasteiger partial charge in [0.2, 0.25) is 0 Å². The van der Waals surface area contributed by atoms with E-state index in [1.54, 1.807) is 6.07 Å². The number of likely N-dealkylation sites (tertiary alicyclic amines) is 1. The maximum atomic E-state index is 13.0. The number of alkyl halides is 4. The molecule has 3 aromatic carbocycles. The normalized spacial score (nSPS) is 18.0. The number of aryl methyl sites for hydroxylation is 1. The third-order valence-electron chi connectivity index (χ3n) is 7.41. The van der Waals surface area contributed by atoms with Crippen LogP contribution in [0.5, 0.6) is 11.5 Å². The van der Waals surface area contributed by atoms with Crippen molar-refractivity contribution in [1.29, 1.82) is 0 Å². The van der Waals surface area contributed by atoms with Crippen LogP contribution < -0.4 is 8.92 Å². The van der Waals surface area contributed by atoms with Crippen molar-refractivity contribution in [2.24, 2.45) is 0 Å². The fourth-order valence-electron chi connectivity index (χ4n) is 5.33. The highest BCUT2D eigenvalue weighted by Crippen LogP contribution is 2.45. The van der Waals surface area contributed by atoms with Gasteiger partial charge in [0.15, 0.2) is 0 Å². The quantitative estimate of drug-likeness (QED) is 0.132. The van der Waals surface area contributed by atoms with Crippen molar-refractivity contribution in [3.8, 4) is 11.5 Å². The monoisotopic (exact) mass is 655 g/mol. The van der Waals surface area contributed by atoms with Crippen molar-refractivity contribution in [2.45, 2.75) is 42.7 Å². The van der Waals surface area contributed by atoms with Gasteiger partial charge < -0.3 is 8.92 Å². The Hall–Kier alpha value is -2.73. The van der Waals surface area contributed by atoms with Crippen LogP contribution in [0.25, 0.3) is 11.1 Å². The van der Waals surface area contributed by atoms with Gasteiger partial charge in [0.05, 0.1) is 6.67 Å². The highest BCUT2D eigenvalue weighted by molar-refractivity contribution is 7.99. The Morgan fingerprint density at radius 3 is 2.44 bits per heavy atom. The Labute approximate surface area is 257 Å². The van der Waals surface area contributed by atoms with E-state index >= 15 is 0 Å². The summed E-state index contributed by atoms with van der Waals surface area (Å²) in [6, 6.07) is 17.6. The summed E-state index contributed by atoms with van der Waals surface area (Å²) in [6.45, 7) is 3.91. The van der Waals surface area contributed by atoms with E-state index in [9.17, 15) is 26.0 Å². The standard InChI is InChI=1S/C31H30ClF4NO4S2/c1-20-17-22(5-10-28(20)32)26-12-16-42-29-18-24(41-43(38,39)31(34,35)36)8-9-27(29)30(26)21-3-6-23(7-4-21)40-25-11-15-37(19-25)14-2-13-33/h3-10,17-18,25H,2,11-16,19H2,1H3/t25-/m0/s1. The molecule has 0 bridgehead atoms. The highest BCUT2D eigenvalue weighted by atomic mass is 35.5. The molecule has 5 rings (SSSR count). The van der Waals surface area contributed by atoms with E-state index in [1.807, 2.05) is 49.4 Å². The summed E-state index contributed by atoms with van der Waals surface area (Å²) in [5.74, 6) is 0.898. The van der Waals surface area contributed by atoms with Crippen LogP contribution in [-0.2, 0) is 10.1 Å². The number of halogens is 5. The average molecular weight is 656 g/mol. The number of hydrogen-bond acceptors (Lipinski definition) is 6. The predicted molar refractivity (Wildman–Crippen MR) is 162 cm³/mol. The SMILES string of the molecule is Cc1cc(C2=C(c3ccc(O[C@H]4CCN(CCCF)C4)cc3)c3ccc(OS(=O)(=O)C(F)(F)F)cc3SCC2)ccc1Cl. The van der Waals surface area contributed by atoms with Crippen LogP contribution in [0.2, 0.25) is 5.02 Å². The van der Waals surface area contributed by atoms with Crippen molar-refractivity contribution in [1.82, 2.24) is 4.90 Å². The summed E-state index contributed by atoms with van der Waals surface area (Å²) >= 11 is 7.73. The molecule has 5 nitrogen and oxygen atoms in total. The summed E-state index contributed by atoms with van der Waals surface area (Å²) in [6.07, 6.45) is 2.02. The first kappa shape index (κ1) is 31.7. The van der Waals surface area contributed by atoms with E-state index in [-0.39, 0.29) is 12.8 Å². The van der Waals surface area contributed by atoms with Crippen molar-refractivity contribution in [3.05, 3.63) is 87.9 Å². The lowest BCUT2D eigenvalue weighted by Crippen LogP contribution is -2.28. The fourth-order valence-corrected chi connectivity index (χ4v) is 6.95. The lowest BCUT2D eigenvalue weighted by atomic mass is 9.87. The molecule has 0 saturated carbocycles. The summed E-state index contributed by atoms with van der Waals surface area (Å²) in [5.41, 5.74) is -0.157. The molecule has 1 fully saturated rings. The van der Waals surface area contributed by atoms with Crippen LogP contribution in [-0.4, -0.2) is 57.0 Å². The Kier molecular flexibility index (Phi) is 9.65. The third-order valence-corrected chi connectivity index (χ3v) is 9.87. The second-order valence-corrected chi connectivity index (χ2v) is 13.5. The van der Waals surface area contributed by atoms with E-state index in [0.29, 0.717) is 40.8 Å². The molecule has 0 aromatic heterocycles. The molecular weight excluding hydrogens is 626 g/mol. The molecule has 0 unspecified atom stereocenters. The predicted octanol–water partition coefficient (Wildman–Crippen LogP) is 8.14. The Balaban J connectivity index is 1.51. The zero-order valence-electron chi connectivity index (χ0n) is 23.3. The summed E-state index contributed by atoms with van der Waals surface area (Å²) < 4.78 is 85.4. The molecule has 0 radical (unpaired) electrons. The number of benzene rings is 3. The maximum absolute atomic E-state index is 13.0. The first-order valence-corrected chi connectivity index (χ1v) is 16.6. The maximum Gasteiger partial charge on any atom is 0.534 e. The van der Waals surface area contributed by atoms with Gasteiger partial charge in [0.1, 0.15) is 17.6 Å². The first-order chi connectivity index (χ1) is 20.4. The summed E-state index contributed by atoms with van der Waals surface area (Å²) in [7, 11) is -5.81. The number of rotatable bonds is 9. The third kappa shape index (κ3) is 7.33. The van der Waals surface area contributed by atoms with Gasteiger partial charge in [-0.05, 0) is 96.0 Å². The van der Waals surface area contributed by atoms with E-state index < -0.39 is 21.4 Å². The van der Waals surface area contributed by atoms with Crippen LogP contribution in [0, 0.1) is 6.92 Å². The average Bonchev–Trinajstić information content (AvgIpc) is 3.31. The minimum Gasteiger partial charge on any atom is -0.489 e. The van der Waals surface area contributed by atoms with E-state index in [4.69, 9.17) is 16.3 Å². The van der Waals surface area contributed by atoms with Gasteiger partial charge in [-0.2, -0.15) is 21.6 Å². The van der Waals surface area contributed by atoms with E-state index in [1.165, 1.54) is 23.9 Å².